The van der Waals surface area contributed by atoms with Crippen LogP contribution in [0.5, 0.6) is 0 Å². The van der Waals surface area contributed by atoms with Gasteiger partial charge in [-0.15, -0.1) is 0 Å². The van der Waals surface area contributed by atoms with Crippen LogP contribution in [0.25, 0.3) is 0 Å². The normalized spacial score (nSPS) is 30.4. The van der Waals surface area contributed by atoms with Crippen molar-refractivity contribution in [1.29, 1.82) is 0 Å². The highest BCUT2D eigenvalue weighted by Crippen LogP contribution is 2.27. The number of rotatable bonds is 3. The maximum atomic E-state index is 5.46. The predicted octanol–water partition coefficient (Wildman–Crippen LogP) is 2.34. The smallest absolute Gasteiger partial charge is 0.0620 e. The van der Waals surface area contributed by atoms with Crippen molar-refractivity contribution < 1.29 is 4.74 Å². The minimum absolute atomic E-state index is 0.644. The fourth-order valence-corrected chi connectivity index (χ4v) is 2.72. The Morgan fingerprint density at radius 2 is 1.93 bits per heavy atom. The molecule has 0 spiro atoms. The summed E-state index contributed by atoms with van der Waals surface area (Å²) in [7, 11) is 0. The lowest BCUT2D eigenvalue weighted by Crippen LogP contribution is -2.41. The molecule has 2 fully saturated rings. The Kier molecular flexibility index (Phi) is 4.26. The van der Waals surface area contributed by atoms with Crippen molar-refractivity contribution in [1.82, 2.24) is 5.32 Å². The van der Waals surface area contributed by atoms with Gasteiger partial charge in [0.1, 0.15) is 0 Å². The lowest BCUT2D eigenvalue weighted by atomic mass is 9.85. The van der Waals surface area contributed by atoms with E-state index < -0.39 is 0 Å². The van der Waals surface area contributed by atoms with E-state index in [0.29, 0.717) is 6.04 Å². The van der Waals surface area contributed by atoms with E-state index in [4.69, 9.17) is 4.74 Å². The average molecular weight is 197 g/mol. The van der Waals surface area contributed by atoms with Crippen molar-refractivity contribution in [3.05, 3.63) is 0 Å². The summed E-state index contributed by atoms with van der Waals surface area (Å²) in [6.45, 7) is 2.89. The van der Waals surface area contributed by atoms with Crippen molar-refractivity contribution in [3.63, 3.8) is 0 Å². The molecular formula is C12H23NO. The second kappa shape index (κ2) is 5.72. The van der Waals surface area contributed by atoms with Crippen LogP contribution in [0.2, 0.25) is 0 Å². The quantitative estimate of drug-likeness (QED) is 0.750. The van der Waals surface area contributed by atoms with E-state index in [1.165, 1.54) is 44.9 Å². The number of ether oxygens (including phenoxy) is 1. The molecule has 2 aliphatic rings. The Bertz CT molecular complexity index is 130. The third-order valence-corrected chi connectivity index (χ3v) is 3.65. The van der Waals surface area contributed by atoms with E-state index in [9.17, 15) is 0 Å². The van der Waals surface area contributed by atoms with E-state index in [0.717, 1.165) is 25.7 Å². The van der Waals surface area contributed by atoms with Crippen LogP contribution in [-0.2, 0) is 4.74 Å². The molecule has 1 aliphatic heterocycles. The molecule has 1 saturated heterocycles. The SMILES string of the molecule is C1CCC(CCC2COCCN2)CC1. The first-order chi connectivity index (χ1) is 6.95. The Morgan fingerprint density at radius 1 is 1.07 bits per heavy atom. The molecule has 1 N–H and O–H groups in total. The summed E-state index contributed by atoms with van der Waals surface area (Å²) >= 11 is 0. The van der Waals surface area contributed by atoms with Crippen molar-refractivity contribution in [2.75, 3.05) is 19.8 Å². The fraction of sp³-hybridized carbons (Fsp3) is 1.00. The summed E-state index contributed by atoms with van der Waals surface area (Å²) < 4.78 is 5.46. The Morgan fingerprint density at radius 3 is 2.64 bits per heavy atom. The maximum Gasteiger partial charge on any atom is 0.0620 e. The molecule has 1 heterocycles. The van der Waals surface area contributed by atoms with Crippen LogP contribution in [0.15, 0.2) is 0 Å². The van der Waals surface area contributed by atoms with Crippen molar-refractivity contribution in [2.24, 2.45) is 5.92 Å². The van der Waals surface area contributed by atoms with Gasteiger partial charge in [-0.2, -0.15) is 0 Å². The lowest BCUT2D eigenvalue weighted by Gasteiger charge is -2.27. The highest BCUT2D eigenvalue weighted by molar-refractivity contribution is 4.73. The predicted molar refractivity (Wildman–Crippen MR) is 58.4 cm³/mol. The summed E-state index contributed by atoms with van der Waals surface area (Å²) in [6.07, 6.45) is 10.1. The van der Waals surface area contributed by atoms with Crippen molar-refractivity contribution in [2.45, 2.75) is 51.0 Å². The second-order valence-corrected chi connectivity index (χ2v) is 4.81. The van der Waals surface area contributed by atoms with E-state index in [1.54, 1.807) is 0 Å². The first-order valence-corrected chi connectivity index (χ1v) is 6.26. The van der Waals surface area contributed by atoms with Crippen molar-refractivity contribution in [3.8, 4) is 0 Å². The van der Waals surface area contributed by atoms with Crippen LogP contribution in [0.1, 0.15) is 44.9 Å². The van der Waals surface area contributed by atoms with Crippen LogP contribution in [0, 0.1) is 5.92 Å². The van der Waals surface area contributed by atoms with Gasteiger partial charge in [0.2, 0.25) is 0 Å². The minimum Gasteiger partial charge on any atom is -0.379 e. The van der Waals surface area contributed by atoms with Crippen LogP contribution >= 0.6 is 0 Å². The first kappa shape index (κ1) is 10.4. The van der Waals surface area contributed by atoms with E-state index >= 15 is 0 Å². The van der Waals surface area contributed by atoms with Crippen LogP contribution < -0.4 is 5.32 Å². The molecule has 0 bridgehead atoms. The third kappa shape index (κ3) is 3.25. The molecule has 2 rings (SSSR count). The highest BCUT2D eigenvalue weighted by Gasteiger charge is 2.17. The van der Waals surface area contributed by atoms with Gasteiger partial charge in [-0.1, -0.05) is 32.1 Å². The lowest BCUT2D eigenvalue weighted by molar-refractivity contribution is 0.0712. The molecule has 0 aromatic heterocycles. The zero-order valence-corrected chi connectivity index (χ0v) is 9.13. The topological polar surface area (TPSA) is 21.3 Å². The maximum absolute atomic E-state index is 5.46. The Hall–Kier alpha value is -0.0800. The van der Waals surface area contributed by atoms with E-state index in [-0.39, 0.29) is 0 Å². The monoisotopic (exact) mass is 197 g/mol. The number of hydrogen-bond acceptors (Lipinski definition) is 2. The van der Waals surface area contributed by atoms with Gasteiger partial charge in [0, 0.05) is 12.6 Å². The van der Waals surface area contributed by atoms with Crippen LogP contribution in [0.3, 0.4) is 0 Å². The van der Waals surface area contributed by atoms with Gasteiger partial charge in [-0.05, 0) is 18.8 Å². The van der Waals surface area contributed by atoms with Gasteiger partial charge in [0.15, 0.2) is 0 Å². The molecule has 0 aromatic rings. The number of nitrogens with one attached hydrogen (secondary N) is 1. The molecular weight excluding hydrogens is 174 g/mol. The van der Waals surface area contributed by atoms with Crippen LogP contribution in [-0.4, -0.2) is 25.8 Å². The zero-order chi connectivity index (χ0) is 9.64. The van der Waals surface area contributed by atoms with Gasteiger partial charge in [-0.3, -0.25) is 0 Å². The van der Waals surface area contributed by atoms with E-state index in [2.05, 4.69) is 5.32 Å². The summed E-state index contributed by atoms with van der Waals surface area (Å²) in [5.74, 6) is 1.02. The summed E-state index contributed by atoms with van der Waals surface area (Å²) in [5, 5.41) is 3.53. The number of hydrogen-bond donors (Lipinski definition) is 1. The third-order valence-electron chi connectivity index (χ3n) is 3.65. The molecule has 14 heavy (non-hydrogen) atoms. The van der Waals surface area contributed by atoms with Crippen molar-refractivity contribution >= 4 is 0 Å². The largest absolute Gasteiger partial charge is 0.379 e. The van der Waals surface area contributed by atoms with Gasteiger partial charge in [0.05, 0.1) is 13.2 Å². The Labute approximate surface area is 87.4 Å². The molecule has 82 valence electrons. The molecule has 1 unspecified atom stereocenters. The molecule has 0 aromatic carbocycles. The molecule has 1 saturated carbocycles. The average Bonchev–Trinajstić information content (AvgIpc) is 2.29. The van der Waals surface area contributed by atoms with Gasteiger partial charge >= 0.3 is 0 Å². The summed E-state index contributed by atoms with van der Waals surface area (Å²) in [6, 6.07) is 0.644. The molecule has 0 amide bonds. The minimum atomic E-state index is 0.644. The second-order valence-electron chi connectivity index (χ2n) is 4.81. The van der Waals surface area contributed by atoms with Crippen LogP contribution in [0.4, 0.5) is 0 Å². The first-order valence-electron chi connectivity index (χ1n) is 6.26. The molecule has 2 heteroatoms. The molecule has 1 aliphatic carbocycles. The summed E-state index contributed by atoms with van der Waals surface area (Å²) in [5.41, 5.74) is 0. The molecule has 1 atom stereocenters. The molecule has 0 radical (unpaired) electrons. The zero-order valence-electron chi connectivity index (χ0n) is 9.13. The van der Waals surface area contributed by atoms with E-state index in [1.807, 2.05) is 0 Å². The van der Waals surface area contributed by atoms with Gasteiger partial charge in [-0.25, -0.2) is 0 Å². The number of morpholine rings is 1. The highest BCUT2D eigenvalue weighted by atomic mass is 16.5. The Balaban J connectivity index is 1.60. The molecule has 2 nitrogen and oxygen atoms in total. The standard InChI is InChI=1S/C12H23NO/c1-2-4-11(5-3-1)6-7-12-10-14-9-8-13-12/h11-13H,1-10H2. The van der Waals surface area contributed by atoms with Gasteiger partial charge in [0.25, 0.3) is 0 Å². The fourth-order valence-electron chi connectivity index (χ4n) is 2.72. The van der Waals surface area contributed by atoms with Gasteiger partial charge < -0.3 is 10.1 Å². The summed E-state index contributed by atoms with van der Waals surface area (Å²) in [4.78, 5) is 0.